The SMILES string of the molecule is CC(C)C[C@H](NC(=O)[C@H](CC(N)=O)NC(=O)CNC(=O)[C@H](CCCN=C(N)N)NC(=O)[C@@H](N)C(C)C)C(=O)N[C@@H](CCCCN)C(=O)N[C@@H](CO)C(=O)O. The molecule has 18 N–H and O–H groups in total. The highest BCUT2D eigenvalue weighted by Gasteiger charge is 2.32. The van der Waals surface area contributed by atoms with E-state index >= 15 is 0 Å². The zero-order chi connectivity index (χ0) is 41.5. The van der Waals surface area contributed by atoms with E-state index in [9.17, 15) is 48.6 Å². The van der Waals surface area contributed by atoms with Gasteiger partial charge in [0.15, 0.2) is 5.96 Å². The lowest BCUT2D eigenvalue weighted by Crippen LogP contribution is -2.59. The van der Waals surface area contributed by atoms with Gasteiger partial charge in [-0.2, -0.15) is 0 Å². The van der Waals surface area contributed by atoms with E-state index in [1.807, 2.05) is 0 Å². The first-order valence-electron chi connectivity index (χ1n) is 17.6. The smallest absolute Gasteiger partial charge is 0.328 e. The van der Waals surface area contributed by atoms with Gasteiger partial charge in [-0.25, -0.2) is 4.79 Å². The maximum Gasteiger partial charge on any atom is 0.328 e. The van der Waals surface area contributed by atoms with E-state index in [4.69, 9.17) is 28.7 Å². The number of aliphatic imine (C=N–C) groups is 1. The Morgan fingerprint density at radius 1 is 0.667 bits per heavy atom. The lowest BCUT2D eigenvalue weighted by atomic mass is 10.0. The van der Waals surface area contributed by atoms with Crippen LogP contribution in [0.4, 0.5) is 0 Å². The number of carboxylic acid groups (broad SMARTS) is 1. The van der Waals surface area contributed by atoms with Crippen molar-refractivity contribution in [3.8, 4) is 0 Å². The molecule has 0 aliphatic heterocycles. The van der Waals surface area contributed by atoms with Gasteiger partial charge in [0.05, 0.1) is 25.6 Å². The van der Waals surface area contributed by atoms with Crippen LogP contribution < -0.4 is 60.6 Å². The molecule has 308 valence electrons. The van der Waals surface area contributed by atoms with Gasteiger partial charge in [0, 0.05) is 6.54 Å². The van der Waals surface area contributed by atoms with Crippen molar-refractivity contribution in [2.24, 2.45) is 45.5 Å². The molecule has 0 saturated heterocycles. The molecule has 0 aromatic rings. The van der Waals surface area contributed by atoms with Crippen molar-refractivity contribution in [3.63, 3.8) is 0 Å². The number of aliphatic hydroxyl groups is 1. The van der Waals surface area contributed by atoms with Gasteiger partial charge < -0.3 is 70.8 Å². The average Bonchev–Trinajstić information content (AvgIpc) is 3.08. The van der Waals surface area contributed by atoms with E-state index in [0.29, 0.717) is 12.8 Å². The fourth-order valence-electron chi connectivity index (χ4n) is 4.76. The van der Waals surface area contributed by atoms with Crippen LogP contribution in [-0.2, 0) is 38.4 Å². The molecule has 0 unspecified atom stereocenters. The number of hydrogen-bond donors (Lipinski definition) is 13. The summed E-state index contributed by atoms with van der Waals surface area (Å²) in [5.74, 6) is -8.09. The summed E-state index contributed by atoms with van der Waals surface area (Å²) in [6.07, 6.45) is 0.580. The van der Waals surface area contributed by atoms with Crippen LogP contribution in [-0.4, -0.2) is 126 Å². The number of carbonyl (C=O) groups is 8. The Labute approximate surface area is 314 Å². The topological polar surface area (TPSA) is 392 Å². The Kier molecular flexibility index (Phi) is 23.4. The number of carbonyl (C=O) groups excluding carboxylic acids is 7. The molecule has 0 aromatic carbocycles. The van der Waals surface area contributed by atoms with Crippen molar-refractivity contribution in [1.29, 1.82) is 0 Å². The second-order valence-corrected chi connectivity index (χ2v) is 13.4. The van der Waals surface area contributed by atoms with Gasteiger partial charge in [-0.3, -0.25) is 38.6 Å². The van der Waals surface area contributed by atoms with Crippen molar-refractivity contribution in [1.82, 2.24) is 31.9 Å². The van der Waals surface area contributed by atoms with Gasteiger partial charge >= 0.3 is 5.97 Å². The molecule has 22 heteroatoms. The molecule has 0 aliphatic rings. The number of rotatable bonds is 27. The Balaban J connectivity index is 5.91. The highest BCUT2D eigenvalue weighted by atomic mass is 16.4. The van der Waals surface area contributed by atoms with Crippen LogP contribution in [0.25, 0.3) is 0 Å². The van der Waals surface area contributed by atoms with Crippen LogP contribution in [0.2, 0.25) is 0 Å². The van der Waals surface area contributed by atoms with Crippen LogP contribution in [0, 0.1) is 11.8 Å². The number of primary amides is 1. The molecule has 0 rings (SSSR count). The molecule has 0 radical (unpaired) electrons. The number of aliphatic carboxylic acids is 1. The van der Waals surface area contributed by atoms with Gasteiger partial charge in [0.25, 0.3) is 0 Å². The summed E-state index contributed by atoms with van der Waals surface area (Å²) in [7, 11) is 0. The first-order chi connectivity index (χ1) is 25.2. The third kappa shape index (κ3) is 20.2. The highest BCUT2D eigenvalue weighted by molar-refractivity contribution is 5.97. The van der Waals surface area contributed by atoms with Crippen LogP contribution in [0.5, 0.6) is 0 Å². The third-order valence-electron chi connectivity index (χ3n) is 7.80. The number of nitrogens with one attached hydrogen (secondary N) is 6. The lowest BCUT2D eigenvalue weighted by molar-refractivity contribution is -0.143. The van der Waals surface area contributed by atoms with Crippen molar-refractivity contribution < 1.29 is 48.6 Å². The summed E-state index contributed by atoms with van der Waals surface area (Å²) >= 11 is 0. The minimum atomic E-state index is -1.63. The normalized spacial score (nSPS) is 14.3. The van der Waals surface area contributed by atoms with Gasteiger partial charge in [0.2, 0.25) is 41.4 Å². The number of nitrogens with zero attached hydrogens (tertiary/aromatic N) is 1. The fourth-order valence-corrected chi connectivity index (χ4v) is 4.76. The maximum atomic E-state index is 13.5. The first-order valence-corrected chi connectivity index (χ1v) is 17.6. The van der Waals surface area contributed by atoms with E-state index in [1.54, 1.807) is 27.7 Å². The summed E-state index contributed by atoms with van der Waals surface area (Å²) in [6.45, 7) is 5.76. The Bertz CT molecular complexity index is 1310. The van der Waals surface area contributed by atoms with Crippen LogP contribution in [0.3, 0.4) is 0 Å². The number of guanidine groups is 1. The summed E-state index contributed by atoms with van der Waals surface area (Å²) in [4.78, 5) is 105. The molecule has 22 nitrogen and oxygen atoms in total. The zero-order valence-electron chi connectivity index (χ0n) is 31.4. The molecule has 0 aliphatic carbocycles. The first kappa shape index (κ1) is 48.9. The molecule has 54 heavy (non-hydrogen) atoms. The maximum absolute atomic E-state index is 13.5. The van der Waals surface area contributed by atoms with Gasteiger partial charge in [-0.1, -0.05) is 27.7 Å². The standard InChI is InChI=1S/C32H60N12O10/c1-16(2)12-20(28(50)41-19(8-5-6-10-33)27(49)44-22(15-45)31(53)54)43-29(51)21(13-23(34)46)40-24(47)14-39-26(48)18(9-7-11-38-32(36)37)42-30(52)25(35)17(3)4/h16-22,25,45H,5-15,33,35H2,1-4H3,(H2,34,46)(H,39,48)(H,40,47)(H,41,50)(H,42,52)(H,43,51)(H,44,49)(H,53,54)(H4,36,37,38)/t18-,19-,20-,21-,22-,25-/m0/s1. The summed E-state index contributed by atoms with van der Waals surface area (Å²) < 4.78 is 0. The fraction of sp³-hybridized carbons (Fsp3) is 0.719. The number of aliphatic hydroxyl groups excluding tert-OH is 1. The second kappa shape index (κ2) is 25.8. The summed E-state index contributed by atoms with van der Waals surface area (Å²) in [5, 5.41) is 32.9. The van der Waals surface area contributed by atoms with Gasteiger partial charge in [-0.05, 0) is 56.9 Å². The number of hydrogen-bond acceptors (Lipinski definition) is 12. The zero-order valence-corrected chi connectivity index (χ0v) is 31.4. The van der Waals surface area contributed by atoms with E-state index in [-0.39, 0.29) is 56.6 Å². The molecular weight excluding hydrogens is 712 g/mol. The molecule has 0 spiro atoms. The molecule has 0 bridgehead atoms. The van der Waals surface area contributed by atoms with Crippen molar-refractivity contribution in [2.75, 3.05) is 26.2 Å². The second-order valence-electron chi connectivity index (χ2n) is 13.4. The lowest BCUT2D eigenvalue weighted by Gasteiger charge is -2.26. The minimum Gasteiger partial charge on any atom is -0.480 e. The van der Waals surface area contributed by atoms with Crippen LogP contribution in [0.1, 0.15) is 72.6 Å². The van der Waals surface area contributed by atoms with Crippen molar-refractivity contribution in [3.05, 3.63) is 0 Å². The van der Waals surface area contributed by atoms with E-state index in [0.717, 1.165) is 0 Å². The predicted molar refractivity (Wildman–Crippen MR) is 196 cm³/mol. The average molecular weight is 773 g/mol. The molecule has 0 heterocycles. The van der Waals surface area contributed by atoms with E-state index < -0.39 is 103 Å². The molecule has 7 amide bonds. The summed E-state index contributed by atoms with van der Waals surface area (Å²) in [5.41, 5.74) is 27.4. The van der Waals surface area contributed by atoms with E-state index in [2.05, 4.69) is 36.9 Å². The Hall–Kier alpha value is -5.09. The van der Waals surface area contributed by atoms with Crippen LogP contribution >= 0.6 is 0 Å². The number of nitrogens with two attached hydrogens (primary N) is 5. The third-order valence-corrected chi connectivity index (χ3v) is 7.80. The quantitative estimate of drug-likeness (QED) is 0.0211. The monoisotopic (exact) mass is 772 g/mol. The largest absolute Gasteiger partial charge is 0.480 e. The Morgan fingerprint density at radius 3 is 1.70 bits per heavy atom. The van der Waals surface area contributed by atoms with E-state index in [1.165, 1.54) is 0 Å². The molecular formula is C32H60N12O10. The predicted octanol–water partition coefficient (Wildman–Crippen LogP) is -5.31. The number of unbranched alkanes of at least 4 members (excludes halogenated alkanes) is 1. The highest BCUT2D eigenvalue weighted by Crippen LogP contribution is 2.09. The number of carboxylic acids is 1. The van der Waals surface area contributed by atoms with Crippen molar-refractivity contribution in [2.45, 2.75) is 109 Å². The van der Waals surface area contributed by atoms with Crippen molar-refractivity contribution >= 4 is 53.3 Å². The van der Waals surface area contributed by atoms with Crippen LogP contribution in [0.15, 0.2) is 4.99 Å². The van der Waals surface area contributed by atoms with Gasteiger partial charge in [0.1, 0.15) is 30.2 Å². The minimum absolute atomic E-state index is 0.0349. The number of amides is 7. The molecule has 0 fully saturated rings. The Morgan fingerprint density at radius 2 is 1.19 bits per heavy atom. The molecule has 0 aromatic heterocycles. The molecule has 6 atom stereocenters. The van der Waals surface area contributed by atoms with Gasteiger partial charge in [-0.15, -0.1) is 0 Å². The summed E-state index contributed by atoms with van der Waals surface area (Å²) in [6, 6.07) is -7.87. The molecule has 0 saturated carbocycles.